The van der Waals surface area contributed by atoms with Crippen molar-refractivity contribution < 1.29 is 9.53 Å². The van der Waals surface area contributed by atoms with Gasteiger partial charge in [-0.1, -0.05) is 0 Å². The summed E-state index contributed by atoms with van der Waals surface area (Å²) in [7, 11) is 1.48. The highest BCUT2D eigenvalue weighted by Crippen LogP contribution is 2.34. The average molecular weight is 169 g/mol. The van der Waals surface area contributed by atoms with Gasteiger partial charge in [0.05, 0.1) is 13.0 Å². The lowest BCUT2D eigenvalue weighted by molar-refractivity contribution is -0.149. The molecule has 1 saturated carbocycles. The Kier molecular flexibility index (Phi) is 2.05. The standard InChI is InChI=1S/C9H15NO2/c1-12-9(11)7-4-6-2-3-8(7)10-5-6/h6-8,10H,2-5H2,1H3/t6-,7+,8-/m1/s1. The number of hydrogen-bond donors (Lipinski definition) is 1. The molecule has 0 aromatic rings. The van der Waals surface area contributed by atoms with Crippen LogP contribution in [0.15, 0.2) is 0 Å². The molecule has 0 radical (unpaired) electrons. The lowest BCUT2D eigenvalue weighted by atomic mass is 9.74. The van der Waals surface area contributed by atoms with E-state index >= 15 is 0 Å². The highest BCUT2D eigenvalue weighted by Gasteiger charge is 2.39. The predicted octanol–water partition coefficient (Wildman–Crippen LogP) is 0.547. The van der Waals surface area contributed by atoms with Gasteiger partial charge < -0.3 is 10.1 Å². The van der Waals surface area contributed by atoms with E-state index in [0.29, 0.717) is 12.0 Å². The van der Waals surface area contributed by atoms with E-state index in [0.717, 1.165) is 19.4 Å². The number of esters is 1. The van der Waals surface area contributed by atoms with Gasteiger partial charge in [-0.25, -0.2) is 0 Å². The molecule has 2 aliphatic heterocycles. The van der Waals surface area contributed by atoms with Crippen LogP contribution in [0.25, 0.3) is 0 Å². The molecule has 0 aromatic heterocycles. The van der Waals surface area contributed by atoms with E-state index in [2.05, 4.69) is 5.32 Å². The summed E-state index contributed by atoms with van der Waals surface area (Å²) >= 11 is 0. The first kappa shape index (κ1) is 8.05. The number of fused-ring (bicyclic) bond motifs is 3. The summed E-state index contributed by atoms with van der Waals surface area (Å²) in [5, 5.41) is 3.38. The minimum absolute atomic E-state index is 0.0306. The van der Waals surface area contributed by atoms with Crippen molar-refractivity contribution in [2.75, 3.05) is 13.7 Å². The zero-order chi connectivity index (χ0) is 8.55. The molecule has 0 amide bonds. The molecule has 2 saturated heterocycles. The minimum atomic E-state index is -0.0306. The van der Waals surface area contributed by atoms with Gasteiger partial charge in [-0.2, -0.15) is 0 Å². The van der Waals surface area contributed by atoms with E-state index in [-0.39, 0.29) is 11.9 Å². The number of carbonyl (C=O) groups is 1. The van der Waals surface area contributed by atoms with E-state index in [9.17, 15) is 4.79 Å². The van der Waals surface area contributed by atoms with Gasteiger partial charge in [0.25, 0.3) is 0 Å². The van der Waals surface area contributed by atoms with E-state index in [4.69, 9.17) is 4.74 Å². The van der Waals surface area contributed by atoms with Crippen molar-refractivity contribution >= 4 is 5.97 Å². The van der Waals surface area contributed by atoms with Crippen molar-refractivity contribution in [3.8, 4) is 0 Å². The SMILES string of the molecule is COC(=O)[C@H]1C[C@H]2CC[C@H]1NC2. The van der Waals surface area contributed by atoms with E-state index in [1.807, 2.05) is 0 Å². The first-order valence-electron chi connectivity index (χ1n) is 4.62. The lowest BCUT2D eigenvalue weighted by Crippen LogP contribution is -2.52. The molecule has 0 unspecified atom stereocenters. The van der Waals surface area contributed by atoms with Gasteiger partial charge >= 0.3 is 5.97 Å². The van der Waals surface area contributed by atoms with Gasteiger partial charge in [0, 0.05) is 6.04 Å². The Labute approximate surface area is 72.5 Å². The minimum Gasteiger partial charge on any atom is -0.469 e. The molecule has 1 aliphatic carbocycles. The van der Waals surface area contributed by atoms with Crippen LogP contribution in [0.1, 0.15) is 19.3 Å². The van der Waals surface area contributed by atoms with E-state index < -0.39 is 0 Å². The predicted molar refractivity (Wildman–Crippen MR) is 44.6 cm³/mol. The maximum absolute atomic E-state index is 11.3. The Hall–Kier alpha value is -0.570. The van der Waals surface area contributed by atoms with Gasteiger partial charge in [-0.15, -0.1) is 0 Å². The van der Waals surface area contributed by atoms with E-state index in [1.165, 1.54) is 13.5 Å². The number of carbonyl (C=O) groups excluding carboxylic acids is 1. The third-order valence-electron chi connectivity index (χ3n) is 3.13. The Morgan fingerprint density at radius 3 is 2.75 bits per heavy atom. The number of rotatable bonds is 1. The van der Waals surface area contributed by atoms with Crippen LogP contribution in [0, 0.1) is 11.8 Å². The van der Waals surface area contributed by atoms with Gasteiger partial charge in [0.1, 0.15) is 0 Å². The normalized spacial score (nSPS) is 39.6. The average Bonchev–Trinajstić information content (AvgIpc) is 2.18. The van der Waals surface area contributed by atoms with Crippen LogP contribution >= 0.6 is 0 Å². The number of methoxy groups -OCH3 is 1. The van der Waals surface area contributed by atoms with Crippen LogP contribution in [-0.4, -0.2) is 25.7 Å². The number of hydrogen-bond acceptors (Lipinski definition) is 3. The molecule has 3 rings (SSSR count). The van der Waals surface area contributed by atoms with Crippen molar-refractivity contribution in [2.24, 2.45) is 11.8 Å². The topological polar surface area (TPSA) is 38.3 Å². The van der Waals surface area contributed by atoms with Gasteiger partial charge in [-0.3, -0.25) is 4.79 Å². The molecular weight excluding hydrogens is 154 g/mol. The van der Waals surface area contributed by atoms with Crippen molar-refractivity contribution in [2.45, 2.75) is 25.3 Å². The number of nitrogens with one attached hydrogen (secondary N) is 1. The molecule has 0 spiro atoms. The van der Waals surface area contributed by atoms with Crippen molar-refractivity contribution in [3.05, 3.63) is 0 Å². The zero-order valence-electron chi connectivity index (χ0n) is 7.38. The summed E-state index contributed by atoms with van der Waals surface area (Å²) < 4.78 is 4.76. The third kappa shape index (κ3) is 1.22. The highest BCUT2D eigenvalue weighted by atomic mass is 16.5. The molecule has 3 atom stereocenters. The summed E-state index contributed by atoms with van der Waals surface area (Å²) in [6.45, 7) is 1.10. The van der Waals surface area contributed by atoms with Gasteiger partial charge in [-0.05, 0) is 31.7 Å². The Bertz CT molecular complexity index is 185. The number of piperidine rings is 2. The molecule has 3 aliphatic rings. The first-order chi connectivity index (χ1) is 5.81. The fourth-order valence-electron chi connectivity index (χ4n) is 2.42. The van der Waals surface area contributed by atoms with Crippen LogP contribution in [0.5, 0.6) is 0 Å². The van der Waals surface area contributed by atoms with Crippen LogP contribution in [0.4, 0.5) is 0 Å². The van der Waals surface area contributed by atoms with Crippen molar-refractivity contribution in [1.82, 2.24) is 5.32 Å². The van der Waals surface area contributed by atoms with Crippen LogP contribution in [0.3, 0.4) is 0 Å². The molecule has 1 N–H and O–H groups in total. The molecule has 12 heavy (non-hydrogen) atoms. The fourth-order valence-corrected chi connectivity index (χ4v) is 2.42. The van der Waals surface area contributed by atoms with Gasteiger partial charge in [0.2, 0.25) is 0 Å². The second kappa shape index (κ2) is 3.05. The van der Waals surface area contributed by atoms with Crippen LogP contribution in [-0.2, 0) is 9.53 Å². The lowest BCUT2D eigenvalue weighted by Gasteiger charge is -2.41. The number of ether oxygens (including phenoxy) is 1. The van der Waals surface area contributed by atoms with Gasteiger partial charge in [0.15, 0.2) is 0 Å². The second-order valence-electron chi connectivity index (χ2n) is 3.82. The summed E-state index contributed by atoms with van der Waals surface area (Å²) in [4.78, 5) is 11.3. The second-order valence-corrected chi connectivity index (χ2v) is 3.82. The Balaban J connectivity index is 2.03. The van der Waals surface area contributed by atoms with Crippen LogP contribution in [0.2, 0.25) is 0 Å². The molecule has 2 bridgehead atoms. The molecule has 3 nitrogen and oxygen atoms in total. The highest BCUT2D eigenvalue weighted by molar-refractivity contribution is 5.73. The first-order valence-corrected chi connectivity index (χ1v) is 4.62. The zero-order valence-corrected chi connectivity index (χ0v) is 7.38. The summed E-state index contributed by atoms with van der Waals surface area (Å²) in [6, 6.07) is 0.391. The Morgan fingerprint density at radius 2 is 2.33 bits per heavy atom. The molecule has 3 fully saturated rings. The molecular formula is C9H15NO2. The largest absolute Gasteiger partial charge is 0.469 e. The molecule has 2 heterocycles. The summed E-state index contributed by atoms with van der Waals surface area (Å²) in [5.74, 6) is 0.804. The molecule has 3 heteroatoms. The third-order valence-corrected chi connectivity index (χ3v) is 3.13. The molecule has 68 valence electrons. The summed E-state index contributed by atoms with van der Waals surface area (Å²) in [6.07, 6.45) is 3.46. The quantitative estimate of drug-likeness (QED) is 0.582. The molecule has 0 aromatic carbocycles. The monoisotopic (exact) mass is 169 g/mol. The van der Waals surface area contributed by atoms with E-state index in [1.54, 1.807) is 0 Å². The van der Waals surface area contributed by atoms with Crippen molar-refractivity contribution in [1.29, 1.82) is 0 Å². The van der Waals surface area contributed by atoms with Crippen LogP contribution < -0.4 is 5.32 Å². The van der Waals surface area contributed by atoms with Crippen molar-refractivity contribution in [3.63, 3.8) is 0 Å². The fraction of sp³-hybridized carbons (Fsp3) is 0.889. The Morgan fingerprint density at radius 1 is 1.50 bits per heavy atom. The summed E-state index contributed by atoms with van der Waals surface area (Å²) in [5.41, 5.74) is 0. The smallest absolute Gasteiger partial charge is 0.310 e. The maximum atomic E-state index is 11.3. The maximum Gasteiger partial charge on any atom is 0.310 e.